The molecule has 25 heavy (non-hydrogen) atoms. The first kappa shape index (κ1) is 14.9. The van der Waals surface area contributed by atoms with E-state index in [9.17, 15) is 0 Å². The third-order valence-corrected chi connectivity index (χ3v) is 3.79. The second-order valence-electron chi connectivity index (χ2n) is 5.49. The van der Waals surface area contributed by atoms with E-state index in [4.69, 9.17) is 0 Å². The number of hydrogen-bond donors (Lipinski definition) is 1. The molecule has 0 amide bonds. The van der Waals surface area contributed by atoms with Gasteiger partial charge in [-0.15, -0.1) is 0 Å². The van der Waals surface area contributed by atoms with Crippen molar-refractivity contribution in [2.24, 2.45) is 4.99 Å². The number of hydrogen-bond acceptors (Lipinski definition) is 6. The van der Waals surface area contributed by atoms with Crippen molar-refractivity contribution in [3.05, 3.63) is 60.7 Å². The molecular formula is C18H15N7. The fourth-order valence-corrected chi connectivity index (χ4v) is 2.58. The maximum absolute atomic E-state index is 4.46. The van der Waals surface area contributed by atoms with Crippen LogP contribution < -0.4 is 5.32 Å². The largest absolute Gasteiger partial charge is 0.339 e. The van der Waals surface area contributed by atoms with Crippen LogP contribution in [0, 0.1) is 6.92 Å². The van der Waals surface area contributed by atoms with Crippen LogP contribution in [-0.2, 0) is 0 Å². The number of fused-ring (bicyclic) bond motifs is 1. The molecule has 0 spiro atoms. The van der Waals surface area contributed by atoms with Crippen LogP contribution in [0.4, 0.5) is 17.5 Å². The minimum absolute atomic E-state index is 0.346. The molecule has 4 aromatic heterocycles. The Morgan fingerprint density at radius 2 is 2.00 bits per heavy atom. The Morgan fingerprint density at radius 3 is 2.80 bits per heavy atom. The van der Waals surface area contributed by atoms with Crippen LogP contribution >= 0.6 is 0 Å². The molecule has 7 nitrogen and oxygen atoms in total. The van der Waals surface area contributed by atoms with Gasteiger partial charge in [0.15, 0.2) is 0 Å². The molecule has 0 saturated heterocycles. The summed E-state index contributed by atoms with van der Waals surface area (Å²) in [5.74, 6) is 1.12. The molecule has 0 aliphatic carbocycles. The molecule has 0 bridgehead atoms. The fraction of sp³-hybridized carbons (Fsp3) is 0.0556. The topological polar surface area (TPSA) is 80.4 Å². The van der Waals surface area contributed by atoms with Crippen LogP contribution in [0.2, 0.25) is 0 Å². The Kier molecular flexibility index (Phi) is 3.66. The van der Waals surface area contributed by atoms with Crippen molar-refractivity contribution < 1.29 is 0 Å². The third-order valence-electron chi connectivity index (χ3n) is 3.79. The molecule has 122 valence electrons. The van der Waals surface area contributed by atoms with Crippen LogP contribution in [0.15, 0.2) is 60.1 Å². The van der Waals surface area contributed by atoms with E-state index in [0.717, 1.165) is 34.1 Å². The Hall–Kier alpha value is -3.61. The smallest absolute Gasteiger partial charge is 0.249 e. The summed E-state index contributed by atoms with van der Waals surface area (Å²) >= 11 is 0. The molecule has 7 heteroatoms. The molecule has 0 atom stereocenters. The lowest BCUT2D eigenvalue weighted by Gasteiger charge is -2.08. The summed E-state index contributed by atoms with van der Waals surface area (Å²) in [6.45, 7) is 5.45. The SMILES string of the molecule is C=Nc1ncc(C)c(-c2cnc3ccc(Nc4ccccn4)cn23)n1. The summed E-state index contributed by atoms with van der Waals surface area (Å²) in [6, 6.07) is 9.63. The van der Waals surface area contributed by atoms with Crippen LogP contribution in [0.3, 0.4) is 0 Å². The number of aliphatic imine (C=N–C) groups is 1. The Labute approximate surface area is 144 Å². The van der Waals surface area contributed by atoms with Crippen molar-refractivity contribution in [3.63, 3.8) is 0 Å². The van der Waals surface area contributed by atoms with Crippen molar-refractivity contribution in [1.29, 1.82) is 0 Å². The summed E-state index contributed by atoms with van der Waals surface area (Å²) in [5.41, 5.74) is 4.31. The minimum Gasteiger partial charge on any atom is -0.339 e. The number of nitrogens with one attached hydrogen (secondary N) is 1. The Balaban J connectivity index is 1.80. The molecule has 4 rings (SSSR count). The second kappa shape index (κ2) is 6.12. The Morgan fingerprint density at radius 1 is 1.08 bits per heavy atom. The van der Waals surface area contributed by atoms with E-state index in [1.54, 1.807) is 18.6 Å². The van der Waals surface area contributed by atoms with E-state index in [1.807, 2.05) is 47.9 Å². The molecule has 0 aliphatic heterocycles. The van der Waals surface area contributed by atoms with E-state index in [0.29, 0.717) is 5.95 Å². The number of imidazole rings is 1. The first-order valence-corrected chi connectivity index (χ1v) is 7.70. The van der Waals surface area contributed by atoms with Crippen LogP contribution in [-0.4, -0.2) is 31.1 Å². The van der Waals surface area contributed by atoms with Gasteiger partial charge in [0.1, 0.15) is 11.5 Å². The number of aryl methyl sites for hydroxylation is 1. The maximum Gasteiger partial charge on any atom is 0.249 e. The van der Waals surface area contributed by atoms with Crippen molar-refractivity contribution in [3.8, 4) is 11.4 Å². The second-order valence-corrected chi connectivity index (χ2v) is 5.49. The van der Waals surface area contributed by atoms with Gasteiger partial charge in [0.25, 0.3) is 0 Å². The number of nitrogens with zero attached hydrogens (tertiary/aromatic N) is 6. The molecule has 1 N–H and O–H groups in total. The lowest BCUT2D eigenvalue weighted by molar-refractivity contribution is 1.09. The van der Waals surface area contributed by atoms with Gasteiger partial charge in [0.05, 0.1) is 23.3 Å². The number of rotatable bonds is 4. The predicted octanol–water partition coefficient (Wildman–Crippen LogP) is 3.57. The van der Waals surface area contributed by atoms with E-state index in [2.05, 4.69) is 37.0 Å². The molecule has 0 radical (unpaired) electrons. The zero-order valence-corrected chi connectivity index (χ0v) is 13.6. The molecule has 0 aliphatic rings. The van der Waals surface area contributed by atoms with Crippen molar-refractivity contribution in [2.75, 3.05) is 5.32 Å². The summed E-state index contributed by atoms with van der Waals surface area (Å²) < 4.78 is 1.98. The quantitative estimate of drug-likeness (QED) is 0.579. The van der Waals surface area contributed by atoms with E-state index in [-0.39, 0.29) is 0 Å². The zero-order valence-electron chi connectivity index (χ0n) is 13.6. The molecule has 4 aromatic rings. The first-order valence-electron chi connectivity index (χ1n) is 7.70. The van der Waals surface area contributed by atoms with Gasteiger partial charge in [-0.1, -0.05) is 6.07 Å². The minimum atomic E-state index is 0.346. The van der Waals surface area contributed by atoms with Gasteiger partial charge in [-0.25, -0.2) is 24.9 Å². The van der Waals surface area contributed by atoms with Gasteiger partial charge < -0.3 is 5.32 Å². The first-order chi connectivity index (χ1) is 12.2. The van der Waals surface area contributed by atoms with Gasteiger partial charge in [0, 0.05) is 18.6 Å². The molecule has 0 saturated carbocycles. The normalized spacial score (nSPS) is 10.8. The third kappa shape index (κ3) is 2.83. The van der Waals surface area contributed by atoms with Crippen molar-refractivity contribution >= 4 is 29.8 Å². The summed E-state index contributed by atoms with van der Waals surface area (Å²) in [5, 5.41) is 3.28. The van der Waals surface area contributed by atoms with Gasteiger partial charge in [-0.3, -0.25) is 4.40 Å². The molecule has 4 heterocycles. The number of aromatic nitrogens is 5. The standard InChI is InChI=1S/C18H15N7/c1-12-9-22-18(19-2)24-17(12)14-10-21-16-7-6-13(11-25(14)16)23-15-5-3-4-8-20-15/h3-11H,2H2,1H3,(H,20,23). The number of anilines is 2. The lowest BCUT2D eigenvalue weighted by atomic mass is 10.2. The maximum atomic E-state index is 4.46. The summed E-state index contributed by atoms with van der Waals surface area (Å²) in [4.78, 5) is 21.1. The predicted molar refractivity (Wildman–Crippen MR) is 97.7 cm³/mol. The van der Waals surface area contributed by atoms with E-state index >= 15 is 0 Å². The van der Waals surface area contributed by atoms with Gasteiger partial charge in [-0.2, -0.15) is 0 Å². The van der Waals surface area contributed by atoms with Crippen molar-refractivity contribution in [2.45, 2.75) is 6.92 Å². The Bertz CT molecular complexity index is 1050. The monoisotopic (exact) mass is 329 g/mol. The molecular weight excluding hydrogens is 314 g/mol. The van der Waals surface area contributed by atoms with Crippen LogP contribution in [0.1, 0.15) is 5.56 Å². The molecule has 0 fully saturated rings. The summed E-state index contributed by atoms with van der Waals surface area (Å²) in [7, 11) is 0. The van der Waals surface area contributed by atoms with Gasteiger partial charge in [0.2, 0.25) is 5.95 Å². The highest BCUT2D eigenvalue weighted by molar-refractivity contribution is 5.66. The summed E-state index contributed by atoms with van der Waals surface area (Å²) in [6.07, 6.45) is 7.25. The average Bonchev–Trinajstić information content (AvgIpc) is 3.06. The van der Waals surface area contributed by atoms with Crippen LogP contribution in [0.5, 0.6) is 0 Å². The van der Waals surface area contributed by atoms with E-state index in [1.165, 1.54) is 0 Å². The molecule has 0 unspecified atom stereocenters. The van der Waals surface area contributed by atoms with Gasteiger partial charge >= 0.3 is 0 Å². The van der Waals surface area contributed by atoms with E-state index < -0.39 is 0 Å². The highest BCUT2D eigenvalue weighted by Crippen LogP contribution is 2.25. The highest BCUT2D eigenvalue weighted by atomic mass is 15.1. The highest BCUT2D eigenvalue weighted by Gasteiger charge is 2.12. The van der Waals surface area contributed by atoms with Gasteiger partial charge in [-0.05, 0) is 43.5 Å². The van der Waals surface area contributed by atoms with Crippen LogP contribution in [0.25, 0.3) is 17.0 Å². The fourth-order valence-electron chi connectivity index (χ4n) is 2.58. The zero-order chi connectivity index (χ0) is 17.2. The lowest BCUT2D eigenvalue weighted by Crippen LogP contribution is -1.98. The van der Waals surface area contributed by atoms with Crippen molar-refractivity contribution in [1.82, 2.24) is 24.3 Å². The average molecular weight is 329 g/mol. The molecule has 0 aromatic carbocycles. The number of pyridine rings is 2.